The van der Waals surface area contributed by atoms with E-state index in [0.29, 0.717) is 0 Å². The summed E-state index contributed by atoms with van der Waals surface area (Å²) in [5.41, 5.74) is -0.891. The van der Waals surface area contributed by atoms with Crippen LogP contribution >= 0.6 is 0 Å². The van der Waals surface area contributed by atoms with Crippen LogP contribution in [0.3, 0.4) is 0 Å². The van der Waals surface area contributed by atoms with Crippen molar-refractivity contribution in [3.63, 3.8) is 0 Å². The Kier molecular flexibility index (Phi) is 2.66. The van der Waals surface area contributed by atoms with E-state index in [1.165, 1.54) is 0 Å². The number of phenolic OH excluding ortho intramolecular Hbond substituents is 1. The van der Waals surface area contributed by atoms with Gasteiger partial charge in [0.1, 0.15) is 0 Å². The lowest BCUT2D eigenvalue weighted by molar-refractivity contribution is -0.207. The second kappa shape index (κ2) is 3.45. The highest BCUT2D eigenvalue weighted by atomic mass is 19.4. The zero-order valence-corrected chi connectivity index (χ0v) is 6.72. The second-order valence-corrected chi connectivity index (χ2v) is 2.62. The van der Waals surface area contributed by atoms with Gasteiger partial charge in [0.25, 0.3) is 0 Å². The number of phenols is 1. The smallest absolute Gasteiger partial charge is 0.418 e. The number of halogens is 4. The number of aromatic hydroxyl groups is 1. The Morgan fingerprint density at radius 3 is 2.29 bits per heavy atom. The Morgan fingerprint density at radius 2 is 1.79 bits per heavy atom. The summed E-state index contributed by atoms with van der Waals surface area (Å²) < 4.78 is 48.5. The average molecular weight is 210 g/mol. The average Bonchev–Trinajstić information content (AvgIpc) is 2.07. The fourth-order valence-electron chi connectivity index (χ4n) is 0.929. The molecular formula is C8H6F4O2. The van der Waals surface area contributed by atoms with Gasteiger partial charge in [-0.15, -0.1) is 0 Å². The van der Waals surface area contributed by atoms with Crippen molar-refractivity contribution in [2.75, 3.05) is 0 Å². The van der Waals surface area contributed by atoms with E-state index in [1.54, 1.807) is 0 Å². The summed E-state index contributed by atoms with van der Waals surface area (Å²) in [6, 6.07) is 2.57. The van der Waals surface area contributed by atoms with E-state index in [4.69, 9.17) is 10.2 Å². The van der Waals surface area contributed by atoms with Crippen molar-refractivity contribution in [2.45, 2.75) is 12.3 Å². The van der Waals surface area contributed by atoms with Crippen LogP contribution in [0.1, 0.15) is 11.7 Å². The van der Waals surface area contributed by atoms with Crippen LogP contribution in [0.2, 0.25) is 0 Å². The number of aliphatic hydroxyl groups excluding tert-OH is 1. The van der Waals surface area contributed by atoms with Gasteiger partial charge in [0.15, 0.2) is 17.7 Å². The van der Waals surface area contributed by atoms with Crippen LogP contribution in [0.5, 0.6) is 5.75 Å². The Hall–Kier alpha value is -1.30. The van der Waals surface area contributed by atoms with Crippen molar-refractivity contribution in [1.82, 2.24) is 0 Å². The molecule has 0 aliphatic rings. The first kappa shape index (κ1) is 10.8. The maximum Gasteiger partial charge on any atom is 0.418 e. The van der Waals surface area contributed by atoms with Gasteiger partial charge < -0.3 is 10.2 Å². The maximum absolute atomic E-state index is 12.6. The highest BCUT2D eigenvalue weighted by molar-refractivity contribution is 5.35. The first-order valence-corrected chi connectivity index (χ1v) is 3.56. The fourth-order valence-corrected chi connectivity index (χ4v) is 0.929. The van der Waals surface area contributed by atoms with E-state index in [-0.39, 0.29) is 0 Å². The zero-order valence-electron chi connectivity index (χ0n) is 6.72. The number of alkyl halides is 3. The van der Waals surface area contributed by atoms with Gasteiger partial charge in [0.05, 0.1) is 0 Å². The molecule has 0 saturated carbocycles. The quantitative estimate of drug-likeness (QED) is 0.697. The molecule has 14 heavy (non-hydrogen) atoms. The fraction of sp³-hybridized carbons (Fsp3) is 0.250. The minimum atomic E-state index is -4.93. The summed E-state index contributed by atoms with van der Waals surface area (Å²) in [4.78, 5) is 0. The minimum absolute atomic E-state index is 0.794. The summed E-state index contributed by atoms with van der Waals surface area (Å²) in [5.74, 6) is -2.39. The highest BCUT2D eigenvalue weighted by Gasteiger charge is 2.41. The first-order valence-electron chi connectivity index (χ1n) is 3.56. The third-order valence-corrected chi connectivity index (χ3v) is 1.62. The van der Waals surface area contributed by atoms with Crippen molar-refractivity contribution < 1.29 is 27.8 Å². The number of para-hydroxylation sites is 1. The van der Waals surface area contributed by atoms with Gasteiger partial charge in [-0.1, -0.05) is 12.1 Å². The maximum atomic E-state index is 12.6. The van der Waals surface area contributed by atoms with Crippen LogP contribution in [-0.4, -0.2) is 16.4 Å². The summed E-state index contributed by atoms with van der Waals surface area (Å²) >= 11 is 0. The number of hydrogen-bond donors (Lipinski definition) is 2. The molecule has 2 nitrogen and oxygen atoms in total. The lowest BCUT2D eigenvalue weighted by atomic mass is 10.1. The molecule has 0 radical (unpaired) electrons. The van der Waals surface area contributed by atoms with Gasteiger partial charge in [-0.2, -0.15) is 13.2 Å². The number of hydrogen-bond acceptors (Lipinski definition) is 2. The number of rotatable bonds is 1. The molecule has 6 heteroatoms. The van der Waals surface area contributed by atoms with Crippen LogP contribution in [0, 0.1) is 5.82 Å². The van der Waals surface area contributed by atoms with Gasteiger partial charge in [-0.05, 0) is 6.07 Å². The van der Waals surface area contributed by atoms with Gasteiger partial charge in [-0.3, -0.25) is 0 Å². The van der Waals surface area contributed by atoms with Crippen LogP contribution in [0.4, 0.5) is 17.6 Å². The lowest BCUT2D eigenvalue weighted by Gasteiger charge is -2.15. The van der Waals surface area contributed by atoms with Gasteiger partial charge in [0.2, 0.25) is 0 Å². The molecule has 2 N–H and O–H groups in total. The van der Waals surface area contributed by atoms with Crippen molar-refractivity contribution in [2.24, 2.45) is 0 Å². The minimum Gasteiger partial charge on any atom is -0.505 e. The number of aliphatic hydroxyl groups is 1. The molecule has 0 fully saturated rings. The van der Waals surface area contributed by atoms with Crippen molar-refractivity contribution >= 4 is 0 Å². The Labute approximate surface area is 76.4 Å². The molecule has 1 rings (SSSR count). The predicted molar refractivity (Wildman–Crippen MR) is 39.1 cm³/mol. The first-order chi connectivity index (χ1) is 6.34. The molecular weight excluding hydrogens is 204 g/mol. The molecule has 78 valence electrons. The van der Waals surface area contributed by atoms with Crippen molar-refractivity contribution in [3.8, 4) is 5.75 Å². The van der Waals surface area contributed by atoms with E-state index in [1.807, 2.05) is 0 Å². The highest BCUT2D eigenvalue weighted by Crippen LogP contribution is 2.37. The molecule has 0 aliphatic heterocycles. The van der Waals surface area contributed by atoms with Gasteiger partial charge in [-0.25, -0.2) is 4.39 Å². The molecule has 1 aromatic carbocycles. The standard InChI is InChI=1S/C8H6F4O2/c9-5-3-1-2-4(6(5)13)7(14)8(10,11)12/h1-3,7,13-14H/t7-/m0/s1. The van der Waals surface area contributed by atoms with Crippen molar-refractivity contribution in [3.05, 3.63) is 29.6 Å². The van der Waals surface area contributed by atoms with Crippen LogP contribution in [0.15, 0.2) is 18.2 Å². The third kappa shape index (κ3) is 1.95. The van der Waals surface area contributed by atoms with Crippen molar-refractivity contribution in [1.29, 1.82) is 0 Å². The van der Waals surface area contributed by atoms with Gasteiger partial charge in [0, 0.05) is 5.56 Å². The monoisotopic (exact) mass is 210 g/mol. The SMILES string of the molecule is Oc1c(F)cccc1[C@H](O)C(F)(F)F. The van der Waals surface area contributed by atoms with Gasteiger partial charge >= 0.3 is 6.18 Å². The molecule has 0 aromatic heterocycles. The summed E-state index contributed by atoms with van der Waals surface area (Å²) in [5, 5.41) is 17.6. The summed E-state index contributed by atoms with van der Waals surface area (Å²) in [6.45, 7) is 0. The summed E-state index contributed by atoms with van der Waals surface area (Å²) in [6.07, 6.45) is -7.80. The molecule has 0 amide bonds. The van der Waals surface area contributed by atoms with Crippen LogP contribution in [0.25, 0.3) is 0 Å². The van der Waals surface area contributed by atoms with E-state index < -0.39 is 29.4 Å². The largest absolute Gasteiger partial charge is 0.505 e. The van der Waals surface area contributed by atoms with E-state index in [2.05, 4.69) is 0 Å². The second-order valence-electron chi connectivity index (χ2n) is 2.62. The Bertz CT molecular complexity index is 335. The predicted octanol–water partition coefficient (Wildman–Crippen LogP) is 2.13. The molecule has 0 bridgehead atoms. The molecule has 0 unspecified atom stereocenters. The molecule has 1 aromatic rings. The van der Waals surface area contributed by atoms with Crippen LogP contribution < -0.4 is 0 Å². The molecule has 0 saturated heterocycles. The normalized spacial score (nSPS) is 14.1. The van der Waals surface area contributed by atoms with Crippen LogP contribution in [-0.2, 0) is 0 Å². The third-order valence-electron chi connectivity index (χ3n) is 1.62. The Morgan fingerprint density at radius 1 is 1.21 bits per heavy atom. The lowest BCUT2D eigenvalue weighted by Crippen LogP contribution is -2.20. The molecule has 0 spiro atoms. The molecule has 1 atom stereocenters. The summed E-state index contributed by atoms with van der Waals surface area (Å²) in [7, 11) is 0. The van der Waals surface area contributed by atoms with E-state index in [9.17, 15) is 17.6 Å². The Balaban J connectivity index is 3.14. The number of benzene rings is 1. The topological polar surface area (TPSA) is 40.5 Å². The molecule has 0 aliphatic carbocycles. The van der Waals surface area contributed by atoms with E-state index >= 15 is 0 Å². The zero-order chi connectivity index (χ0) is 10.9. The molecule has 0 heterocycles. The van der Waals surface area contributed by atoms with E-state index in [0.717, 1.165) is 18.2 Å².